The van der Waals surface area contributed by atoms with Crippen LogP contribution in [-0.2, 0) is 11.0 Å². The van der Waals surface area contributed by atoms with Crippen LogP contribution in [-0.4, -0.2) is 5.91 Å². The highest BCUT2D eigenvalue weighted by Gasteiger charge is 2.32. The van der Waals surface area contributed by atoms with Crippen molar-refractivity contribution in [2.24, 2.45) is 0 Å². The minimum atomic E-state index is -4.58. The maximum atomic E-state index is 13.1. The molecule has 2 rings (SSSR count). The Morgan fingerprint density at radius 1 is 1.12 bits per heavy atom. The van der Waals surface area contributed by atoms with Gasteiger partial charge < -0.3 is 5.32 Å². The third-order valence-electron chi connectivity index (χ3n) is 3.85. The van der Waals surface area contributed by atoms with Gasteiger partial charge in [0.25, 0.3) is 5.91 Å². The van der Waals surface area contributed by atoms with E-state index in [-0.39, 0.29) is 5.56 Å². The second-order valence-corrected chi connectivity index (χ2v) is 5.98. The number of amides is 1. The average molecular weight is 358 g/mol. The first kappa shape index (κ1) is 19.3. The van der Waals surface area contributed by atoms with Crippen molar-refractivity contribution in [2.75, 3.05) is 5.32 Å². The van der Waals surface area contributed by atoms with Crippen LogP contribution in [0.15, 0.2) is 42.0 Å². The number of aryl methyl sites for hydroxylation is 3. The molecule has 1 amide bonds. The lowest BCUT2D eigenvalue weighted by molar-refractivity contribution is -0.137. The Kier molecular flexibility index (Phi) is 5.51. The second-order valence-electron chi connectivity index (χ2n) is 5.98. The van der Waals surface area contributed by atoms with E-state index in [1.54, 1.807) is 6.07 Å². The molecule has 0 fully saturated rings. The van der Waals surface area contributed by atoms with Crippen molar-refractivity contribution in [3.05, 3.63) is 69.8 Å². The first-order chi connectivity index (χ1) is 12.1. The molecule has 0 aliphatic heterocycles. The number of carbonyl (C=O) groups is 1. The molecule has 0 spiro atoms. The number of rotatable bonds is 3. The minimum absolute atomic E-state index is 0.232. The number of hydrogen-bond donors (Lipinski definition) is 1. The average Bonchev–Trinajstić information content (AvgIpc) is 2.55. The van der Waals surface area contributed by atoms with Crippen LogP contribution in [0.2, 0.25) is 0 Å². The summed E-state index contributed by atoms with van der Waals surface area (Å²) in [5.74, 6) is -0.750. The minimum Gasteiger partial charge on any atom is -0.321 e. The van der Waals surface area contributed by atoms with Crippen LogP contribution in [0.4, 0.5) is 18.9 Å². The van der Waals surface area contributed by atoms with Gasteiger partial charge in [0.05, 0.1) is 5.56 Å². The van der Waals surface area contributed by atoms with E-state index in [0.29, 0.717) is 5.69 Å². The summed E-state index contributed by atoms with van der Waals surface area (Å²) in [5.41, 5.74) is 1.65. The van der Waals surface area contributed by atoms with Gasteiger partial charge >= 0.3 is 6.18 Å². The molecule has 1 N–H and O–H groups in total. The Hall–Kier alpha value is -3.07. The predicted octanol–water partition coefficient (Wildman–Crippen LogP) is 5.18. The van der Waals surface area contributed by atoms with Crippen molar-refractivity contribution in [2.45, 2.75) is 26.9 Å². The van der Waals surface area contributed by atoms with Crippen molar-refractivity contribution in [1.82, 2.24) is 0 Å². The van der Waals surface area contributed by atoms with Gasteiger partial charge in [0.1, 0.15) is 11.6 Å². The third kappa shape index (κ3) is 4.31. The van der Waals surface area contributed by atoms with E-state index < -0.39 is 23.2 Å². The number of alkyl halides is 3. The first-order valence-electron chi connectivity index (χ1n) is 7.80. The molecule has 6 heteroatoms. The SMILES string of the molecule is Cc1cc(C)c(NC(=O)/C(C#N)=C/c2ccccc2C(F)(F)F)c(C)c1. The summed E-state index contributed by atoms with van der Waals surface area (Å²) >= 11 is 0. The summed E-state index contributed by atoms with van der Waals surface area (Å²) in [6.45, 7) is 5.54. The first-order valence-corrected chi connectivity index (χ1v) is 7.80. The molecule has 0 saturated carbocycles. The van der Waals surface area contributed by atoms with E-state index >= 15 is 0 Å². The van der Waals surface area contributed by atoms with E-state index in [9.17, 15) is 23.2 Å². The molecule has 0 saturated heterocycles. The lowest BCUT2D eigenvalue weighted by Gasteiger charge is -2.13. The van der Waals surface area contributed by atoms with E-state index in [2.05, 4.69) is 5.32 Å². The summed E-state index contributed by atoms with van der Waals surface area (Å²) in [4.78, 5) is 12.4. The molecular weight excluding hydrogens is 341 g/mol. The number of carbonyl (C=O) groups excluding carboxylic acids is 1. The highest BCUT2D eigenvalue weighted by atomic mass is 19.4. The number of nitriles is 1. The van der Waals surface area contributed by atoms with Crippen LogP contribution >= 0.6 is 0 Å². The molecule has 0 aliphatic carbocycles. The zero-order valence-corrected chi connectivity index (χ0v) is 14.5. The van der Waals surface area contributed by atoms with E-state index in [1.165, 1.54) is 18.2 Å². The summed E-state index contributed by atoms with van der Waals surface area (Å²) < 4.78 is 39.2. The van der Waals surface area contributed by atoms with E-state index in [1.807, 2.05) is 32.9 Å². The van der Waals surface area contributed by atoms with Crippen LogP contribution in [0.3, 0.4) is 0 Å². The molecule has 0 bridgehead atoms. The number of nitrogens with zero attached hydrogens (tertiary/aromatic N) is 1. The molecule has 3 nitrogen and oxygen atoms in total. The fourth-order valence-corrected chi connectivity index (χ4v) is 2.74. The van der Waals surface area contributed by atoms with Gasteiger partial charge in [-0.15, -0.1) is 0 Å². The normalized spacial score (nSPS) is 11.8. The zero-order chi connectivity index (χ0) is 19.5. The predicted molar refractivity (Wildman–Crippen MR) is 94.3 cm³/mol. The number of benzene rings is 2. The van der Waals surface area contributed by atoms with Crippen molar-refractivity contribution < 1.29 is 18.0 Å². The summed E-state index contributed by atoms with van der Waals surface area (Å²) in [5, 5.41) is 11.9. The van der Waals surface area contributed by atoms with Gasteiger partial charge in [0.15, 0.2) is 0 Å². The highest BCUT2D eigenvalue weighted by molar-refractivity contribution is 6.10. The fraction of sp³-hybridized carbons (Fsp3) is 0.200. The van der Waals surface area contributed by atoms with Gasteiger partial charge in [-0.1, -0.05) is 35.9 Å². The monoisotopic (exact) mass is 358 g/mol. The maximum absolute atomic E-state index is 13.1. The third-order valence-corrected chi connectivity index (χ3v) is 3.85. The Morgan fingerprint density at radius 3 is 2.23 bits per heavy atom. The van der Waals surface area contributed by atoms with Crippen LogP contribution in [0.1, 0.15) is 27.8 Å². The number of hydrogen-bond acceptors (Lipinski definition) is 2. The Labute approximate surface area is 149 Å². The van der Waals surface area contributed by atoms with E-state index in [4.69, 9.17) is 0 Å². The van der Waals surface area contributed by atoms with Crippen LogP contribution < -0.4 is 5.32 Å². The van der Waals surface area contributed by atoms with Crippen molar-refractivity contribution in [1.29, 1.82) is 5.26 Å². The largest absolute Gasteiger partial charge is 0.416 e. The molecule has 2 aromatic rings. The Morgan fingerprint density at radius 2 is 1.69 bits per heavy atom. The standard InChI is InChI=1S/C20H17F3N2O/c1-12-8-13(2)18(14(3)9-12)25-19(26)16(11-24)10-15-6-4-5-7-17(15)20(21,22)23/h4-10H,1-3H3,(H,25,26)/b16-10+. The lowest BCUT2D eigenvalue weighted by atomic mass is 10.0. The number of anilines is 1. The Balaban J connectivity index is 2.40. The molecule has 0 atom stereocenters. The van der Waals surface area contributed by atoms with Gasteiger partial charge in [-0.3, -0.25) is 4.79 Å². The Bertz CT molecular complexity index is 898. The van der Waals surface area contributed by atoms with Crippen LogP contribution in [0.25, 0.3) is 6.08 Å². The van der Waals surface area contributed by atoms with Gasteiger partial charge in [0, 0.05) is 5.69 Å². The maximum Gasteiger partial charge on any atom is 0.416 e. The number of halogens is 3. The summed E-state index contributed by atoms with van der Waals surface area (Å²) in [6.07, 6.45) is -3.62. The molecule has 0 heterocycles. The van der Waals surface area contributed by atoms with E-state index in [0.717, 1.165) is 28.8 Å². The quantitative estimate of drug-likeness (QED) is 0.607. The zero-order valence-electron chi connectivity index (χ0n) is 14.5. The number of nitrogens with one attached hydrogen (secondary N) is 1. The summed E-state index contributed by atoms with van der Waals surface area (Å²) in [6, 6.07) is 10.2. The molecular formula is C20H17F3N2O. The van der Waals surface area contributed by atoms with Gasteiger partial charge in [-0.2, -0.15) is 18.4 Å². The molecule has 2 aromatic carbocycles. The fourth-order valence-electron chi connectivity index (χ4n) is 2.74. The van der Waals surface area contributed by atoms with Crippen molar-refractivity contribution in [3.8, 4) is 6.07 Å². The molecule has 134 valence electrons. The molecule has 0 aliphatic rings. The van der Waals surface area contributed by atoms with Gasteiger partial charge in [-0.25, -0.2) is 0 Å². The van der Waals surface area contributed by atoms with Crippen molar-refractivity contribution in [3.63, 3.8) is 0 Å². The van der Waals surface area contributed by atoms with Crippen molar-refractivity contribution >= 4 is 17.7 Å². The van der Waals surface area contributed by atoms with Crippen LogP contribution in [0, 0.1) is 32.1 Å². The lowest BCUT2D eigenvalue weighted by Crippen LogP contribution is -2.16. The van der Waals surface area contributed by atoms with Gasteiger partial charge in [-0.05, 0) is 49.6 Å². The smallest absolute Gasteiger partial charge is 0.321 e. The molecule has 26 heavy (non-hydrogen) atoms. The molecule has 0 radical (unpaired) electrons. The topological polar surface area (TPSA) is 52.9 Å². The second kappa shape index (κ2) is 7.44. The molecule has 0 unspecified atom stereocenters. The highest BCUT2D eigenvalue weighted by Crippen LogP contribution is 2.33. The molecule has 0 aromatic heterocycles. The van der Waals surface area contributed by atoms with Gasteiger partial charge in [0.2, 0.25) is 0 Å². The summed E-state index contributed by atoms with van der Waals surface area (Å²) in [7, 11) is 0. The van der Waals surface area contributed by atoms with Crippen LogP contribution in [0.5, 0.6) is 0 Å².